The molecule has 136 valence electrons. The van der Waals surface area contributed by atoms with Crippen molar-refractivity contribution in [3.63, 3.8) is 0 Å². The second-order valence-corrected chi connectivity index (χ2v) is 6.78. The number of esters is 2. The third kappa shape index (κ3) is 5.01. The van der Waals surface area contributed by atoms with Crippen molar-refractivity contribution in [3.05, 3.63) is 36.7 Å². The molecule has 2 aromatic heterocycles. The summed E-state index contributed by atoms with van der Waals surface area (Å²) in [5.41, 5.74) is 1.44. The molecule has 8 heteroatoms. The van der Waals surface area contributed by atoms with Crippen LogP contribution in [0.25, 0.3) is 11.4 Å². The molecule has 7 nitrogen and oxygen atoms in total. The van der Waals surface area contributed by atoms with Crippen LogP contribution in [0.1, 0.15) is 26.2 Å². The first-order valence-corrected chi connectivity index (χ1v) is 9.34. The maximum absolute atomic E-state index is 12.1. The molecule has 0 saturated heterocycles. The number of carbonyl (C=O) groups excluding carboxylic acids is 2. The van der Waals surface area contributed by atoms with Crippen molar-refractivity contribution in [1.82, 2.24) is 15.0 Å². The zero-order valence-electron chi connectivity index (χ0n) is 14.3. The van der Waals surface area contributed by atoms with Crippen LogP contribution in [0.4, 0.5) is 0 Å². The van der Waals surface area contributed by atoms with Crippen LogP contribution in [-0.2, 0) is 19.1 Å². The number of aromatic nitrogens is 3. The molecule has 1 fully saturated rings. The minimum absolute atomic E-state index is 0.0922. The topological polar surface area (TPSA) is 91.3 Å². The molecule has 1 saturated carbocycles. The highest BCUT2D eigenvalue weighted by Crippen LogP contribution is 2.26. The summed E-state index contributed by atoms with van der Waals surface area (Å²) >= 11 is 1.20. The SMILES string of the molecule is CC(=O)O[C@H]1CCC[C@H]1OC(=O)CSc1nccc(-c2ccccn2)n1. The number of carbonyl (C=O) groups is 2. The van der Waals surface area contributed by atoms with Gasteiger partial charge in [0.15, 0.2) is 5.16 Å². The summed E-state index contributed by atoms with van der Waals surface area (Å²) in [5, 5.41) is 0.480. The summed E-state index contributed by atoms with van der Waals surface area (Å²) in [6.45, 7) is 1.36. The highest BCUT2D eigenvalue weighted by Gasteiger charge is 2.32. The van der Waals surface area contributed by atoms with Crippen molar-refractivity contribution in [2.45, 2.75) is 43.6 Å². The van der Waals surface area contributed by atoms with E-state index in [-0.39, 0.29) is 29.9 Å². The van der Waals surface area contributed by atoms with Crippen LogP contribution < -0.4 is 0 Å². The van der Waals surface area contributed by atoms with E-state index in [1.807, 2.05) is 18.2 Å². The Morgan fingerprint density at radius 3 is 2.62 bits per heavy atom. The molecule has 1 aliphatic rings. The fourth-order valence-electron chi connectivity index (χ4n) is 2.77. The Bertz CT molecular complexity index is 772. The van der Waals surface area contributed by atoms with Crippen LogP contribution >= 0.6 is 11.8 Å². The zero-order valence-corrected chi connectivity index (χ0v) is 15.1. The lowest BCUT2D eigenvalue weighted by Gasteiger charge is -2.19. The summed E-state index contributed by atoms with van der Waals surface area (Å²) in [5.74, 6) is -0.632. The molecule has 0 unspecified atom stereocenters. The number of ether oxygens (including phenoxy) is 2. The largest absolute Gasteiger partial charge is 0.459 e. The smallest absolute Gasteiger partial charge is 0.316 e. The lowest BCUT2D eigenvalue weighted by atomic mass is 10.2. The molecule has 0 spiro atoms. The summed E-state index contributed by atoms with van der Waals surface area (Å²) in [6.07, 6.45) is 4.93. The monoisotopic (exact) mass is 373 g/mol. The summed E-state index contributed by atoms with van der Waals surface area (Å²) in [7, 11) is 0. The minimum Gasteiger partial charge on any atom is -0.459 e. The summed E-state index contributed by atoms with van der Waals surface area (Å²) in [4.78, 5) is 36.0. The number of thioether (sulfide) groups is 1. The van der Waals surface area contributed by atoms with Crippen LogP contribution in [0, 0.1) is 0 Å². The van der Waals surface area contributed by atoms with Gasteiger partial charge in [-0.05, 0) is 37.5 Å². The lowest BCUT2D eigenvalue weighted by molar-refractivity contribution is -0.162. The molecule has 0 bridgehead atoms. The van der Waals surface area contributed by atoms with Crippen molar-refractivity contribution in [3.8, 4) is 11.4 Å². The third-order valence-electron chi connectivity index (χ3n) is 3.87. The van der Waals surface area contributed by atoms with Gasteiger partial charge in [-0.25, -0.2) is 9.97 Å². The Labute approximate surface area is 155 Å². The van der Waals surface area contributed by atoms with Gasteiger partial charge in [0, 0.05) is 19.3 Å². The van der Waals surface area contributed by atoms with Crippen molar-refractivity contribution in [1.29, 1.82) is 0 Å². The van der Waals surface area contributed by atoms with Crippen LogP contribution in [0.5, 0.6) is 0 Å². The molecule has 0 N–H and O–H groups in total. The second-order valence-electron chi connectivity index (χ2n) is 5.84. The van der Waals surface area contributed by atoms with E-state index in [0.717, 1.165) is 18.5 Å². The molecule has 0 amide bonds. The van der Waals surface area contributed by atoms with Gasteiger partial charge in [0.2, 0.25) is 0 Å². The van der Waals surface area contributed by atoms with E-state index in [0.29, 0.717) is 17.3 Å². The zero-order chi connectivity index (χ0) is 18.4. The Morgan fingerprint density at radius 2 is 1.88 bits per heavy atom. The molecule has 0 aliphatic heterocycles. The van der Waals surface area contributed by atoms with Crippen LogP contribution in [-0.4, -0.2) is 44.9 Å². The van der Waals surface area contributed by atoms with Gasteiger partial charge >= 0.3 is 11.9 Å². The van der Waals surface area contributed by atoms with Gasteiger partial charge in [-0.2, -0.15) is 0 Å². The van der Waals surface area contributed by atoms with E-state index in [2.05, 4.69) is 15.0 Å². The average molecular weight is 373 g/mol. The van der Waals surface area contributed by atoms with Gasteiger partial charge in [-0.15, -0.1) is 0 Å². The second kappa shape index (κ2) is 8.75. The van der Waals surface area contributed by atoms with Gasteiger partial charge in [-0.1, -0.05) is 17.8 Å². The van der Waals surface area contributed by atoms with E-state index in [4.69, 9.17) is 9.47 Å². The van der Waals surface area contributed by atoms with Crippen molar-refractivity contribution >= 4 is 23.7 Å². The lowest BCUT2D eigenvalue weighted by Crippen LogP contribution is -2.30. The standard InChI is InChI=1S/C18H19N3O4S/c1-12(22)24-15-6-4-7-16(15)25-17(23)11-26-18-20-10-8-14(21-18)13-5-2-3-9-19-13/h2-3,5,8-10,15-16H,4,6-7,11H2,1H3/t15-,16+/m0/s1. The molecule has 0 radical (unpaired) electrons. The van der Waals surface area contributed by atoms with Crippen molar-refractivity contribution in [2.75, 3.05) is 5.75 Å². The molecular weight excluding hydrogens is 354 g/mol. The Hall–Kier alpha value is -2.48. The van der Waals surface area contributed by atoms with Gasteiger partial charge in [0.25, 0.3) is 0 Å². The first-order chi connectivity index (χ1) is 12.6. The highest BCUT2D eigenvalue weighted by molar-refractivity contribution is 7.99. The van der Waals surface area contributed by atoms with Crippen molar-refractivity contribution < 1.29 is 19.1 Å². The van der Waals surface area contributed by atoms with Crippen LogP contribution in [0.3, 0.4) is 0 Å². The number of hydrogen-bond acceptors (Lipinski definition) is 8. The predicted octanol–water partition coefficient (Wildman–Crippen LogP) is 2.66. The Kier molecular flexibility index (Phi) is 6.17. The maximum atomic E-state index is 12.1. The third-order valence-corrected chi connectivity index (χ3v) is 4.71. The molecule has 2 heterocycles. The molecule has 2 atom stereocenters. The normalized spacial score (nSPS) is 19.1. The number of hydrogen-bond donors (Lipinski definition) is 0. The van der Waals surface area contributed by atoms with Crippen LogP contribution in [0.15, 0.2) is 41.8 Å². The quantitative estimate of drug-likeness (QED) is 0.434. The van der Waals surface area contributed by atoms with E-state index in [1.165, 1.54) is 18.7 Å². The van der Waals surface area contributed by atoms with Gasteiger partial charge in [0.1, 0.15) is 12.2 Å². The number of pyridine rings is 1. The average Bonchev–Trinajstić information content (AvgIpc) is 3.07. The molecular formula is C18H19N3O4S. The summed E-state index contributed by atoms with van der Waals surface area (Å²) in [6, 6.07) is 7.35. The van der Waals surface area contributed by atoms with Gasteiger partial charge in [0.05, 0.1) is 17.1 Å². The minimum atomic E-state index is -0.370. The van der Waals surface area contributed by atoms with E-state index in [1.54, 1.807) is 18.5 Å². The van der Waals surface area contributed by atoms with E-state index < -0.39 is 0 Å². The fraction of sp³-hybridized carbons (Fsp3) is 0.389. The molecule has 2 aromatic rings. The molecule has 3 rings (SSSR count). The molecule has 26 heavy (non-hydrogen) atoms. The number of nitrogens with zero attached hydrogens (tertiary/aromatic N) is 3. The van der Waals surface area contributed by atoms with Crippen molar-refractivity contribution in [2.24, 2.45) is 0 Å². The maximum Gasteiger partial charge on any atom is 0.316 e. The molecule has 1 aliphatic carbocycles. The summed E-state index contributed by atoms with van der Waals surface area (Å²) < 4.78 is 10.7. The van der Waals surface area contributed by atoms with Crippen LogP contribution in [0.2, 0.25) is 0 Å². The highest BCUT2D eigenvalue weighted by atomic mass is 32.2. The number of rotatable bonds is 6. The van der Waals surface area contributed by atoms with E-state index in [9.17, 15) is 9.59 Å². The Balaban J connectivity index is 1.54. The van der Waals surface area contributed by atoms with Gasteiger partial charge < -0.3 is 9.47 Å². The first kappa shape index (κ1) is 18.3. The Morgan fingerprint density at radius 1 is 1.08 bits per heavy atom. The van der Waals surface area contributed by atoms with E-state index >= 15 is 0 Å². The first-order valence-electron chi connectivity index (χ1n) is 8.36. The predicted molar refractivity (Wildman–Crippen MR) is 95.3 cm³/mol. The molecule has 0 aromatic carbocycles. The van der Waals surface area contributed by atoms with Gasteiger partial charge in [-0.3, -0.25) is 14.6 Å². The fourth-order valence-corrected chi connectivity index (χ4v) is 3.38.